The summed E-state index contributed by atoms with van der Waals surface area (Å²) in [7, 11) is 0. The Labute approximate surface area is 199 Å². The van der Waals surface area contributed by atoms with Crippen molar-refractivity contribution in [3.8, 4) is 28.4 Å². The van der Waals surface area contributed by atoms with Crippen LogP contribution in [0.25, 0.3) is 22.6 Å². The highest BCUT2D eigenvalue weighted by Gasteiger charge is 2.27. The molecule has 1 fully saturated rings. The Morgan fingerprint density at radius 3 is 2.52 bits per heavy atom. The lowest BCUT2D eigenvalue weighted by Gasteiger charge is -2.15. The molecule has 0 radical (unpaired) electrons. The van der Waals surface area contributed by atoms with Crippen LogP contribution >= 0.6 is 11.6 Å². The van der Waals surface area contributed by atoms with Crippen LogP contribution in [0.3, 0.4) is 0 Å². The maximum absolute atomic E-state index is 6.04. The second-order valence-corrected chi connectivity index (χ2v) is 9.25. The third kappa shape index (κ3) is 4.79. The van der Waals surface area contributed by atoms with Gasteiger partial charge in [-0.05, 0) is 81.5 Å². The second kappa shape index (κ2) is 8.99. The fraction of sp³-hybridized carbons (Fsp3) is 0.296. The lowest BCUT2D eigenvalue weighted by Crippen LogP contribution is -2.06. The third-order valence-electron chi connectivity index (χ3n) is 6.10. The van der Waals surface area contributed by atoms with Crippen LogP contribution in [-0.2, 0) is 13.2 Å². The number of hydrogen-bond acceptors (Lipinski definition) is 4. The van der Waals surface area contributed by atoms with Gasteiger partial charge in [-0.15, -0.1) is 0 Å². The third-order valence-corrected chi connectivity index (χ3v) is 6.32. The van der Waals surface area contributed by atoms with Crippen molar-refractivity contribution in [3.05, 3.63) is 82.5 Å². The van der Waals surface area contributed by atoms with E-state index in [1.165, 1.54) is 24.1 Å². The van der Waals surface area contributed by atoms with Gasteiger partial charge in [0.15, 0.2) is 0 Å². The molecular formula is C27H27ClN4O. The predicted octanol–water partition coefficient (Wildman–Crippen LogP) is 6.57. The molecule has 0 bridgehead atoms. The zero-order valence-electron chi connectivity index (χ0n) is 19.2. The minimum atomic E-state index is 0.490. The molecule has 0 unspecified atom stereocenters. The smallest absolute Gasteiger partial charge is 0.142 e. The number of imidazole rings is 1. The van der Waals surface area contributed by atoms with Crippen molar-refractivity contribution in [2.24, 2.45) is 5.92 Å². The van der Waals surface area contributed by atoms with Crippen molar-refractivity contribution in [2.75, 3.05) is 0 Å². The van der Waals surface area contributed by atoms with E-state index in [1.807, 2.05) is 37.4 Å². The van der Waals surface area contributed by atoms with Gasteiger partial charge in [0.05, 0.1) is 11.4 Å². The van der Waals surface area contributed by atoms with Gasteiger partial charge in [-0.25, -0.2) is 9.97 Å². The Morgan fingerprint density at radius 1 is 1.00 bits per heavy atom. The van der Waals surface area contributed by atoms with Crippen LogP contribution in [0.15, 0.2) is 54.9 Å². The molecule has 1 aliphatic rings. The van der Waals surface area contributed by atoms with Crippen molar-refractivity contribution < 1.29 is 4.74 Å². The van der Waals surface area contributed by atoms with E-state index in [4.69, 9.17) is 21.3 Å². The molecule has 6 heteroatoms. The van der Waals surface area contributed by atoms with E-state index < -0.39 is 0 Å². The van der Waals surface area contributed by atoms with Gasteiger partial charge in [-0.1, -0.05) is 17.7 Å². The molecule has 5 rings (SSSR count). The fourth-order valence-electron chi connectivity index (χ4n) is 4.12. The quantitative estimate of drug-likeness (QED) is 0.294. The van der Waals surface area contributed by atoms with Gasteiger partial charge in [0.25, 0.3) is 0 Å². The SMILES string of the molecule is Cc1ccc(COc2ccc(-c3c(C)nc(-c4ccc(Cl)nc4)n3CC3CC3)c(C)c2)cn1. The Kier molecular flexibility index (Phi) is 5.90. The van der Waals surface area contributed by atoms with Gasteiger partial charge in [-0.2, -0.15) is 0 Å². The van der Waals surface area contributed by atoms with Gasteiger partial charge in [0.2, 0.25) is 0 Å². The Bertz CT molecular complexity index is 1270. The standard InChI is InChI=1S/C27H27ClN4O/c1-17-12-23(33-16-21-5-4-18(2)29-13-21)9-10-24(17)26-19(3)31-27(32(26)15-20-6-7-20)22-8-11-25(28)30-14-22/h4-5,8-14,20H,6-7,15-16H2,1-3H3. The van der Waals surface area contributed by atoms with Gasteiger partial charge in [0, 0.05) is 41.3 Å². The molecule has 0 N–H and O–H groups in total. The van der Waals surface area contributed by atoms with E-state index in [0.29, 0.717) is 17.7 Å². The van der Waals surface area contributed by atoms with Crippen molar-refractivity contribution in [1.82, 2.24) is 19.5 Å². The van der Waals surface area contributed by atoms with E-state index in [1.54, 1.807) is 6.20 Å². The van der Waals surface area contributed by atoms with E-state index >= 15 is 0 Å². The number of aromatic nitrogens is 4. The maximum atomic E-state index is 6.04. The molecule has 0 saturated heterocycles. The minimum Gasteiger partial charge on any atom is -0.489 e. The number of pyridine rings is 2. The summed E-state index contributed by atoms with van der Waals surface area (Å²) in [6, 6.07) is 14.2. The second-order valence-electron chi connectivity index (χ2n) is 8.87. The number of aryl methyl sites for hydroxylation is 3. The largest absolute Gasteiger partial charge is 0.489 e. The molecule has 0 aliphatic heterocycles. The first-order valence-electron chi connectivity index (χ1n) is 11.3. The lowest BCUT2D eigenvalue weighted by atomic mass is 10.0. The van der Waals surface area contributed by atoms with Crippen molar-refractivity contribution >= 4 is 11.6 Å². The summed E-state index contributed by atoms with van der Waals surface area (Å²) in [6.07, 6.45) is 6.22. The van der Waals surface area contributed by atoms with Gasteiger partial charge >= 0.3 is 0 Å². The molecule has 0 atom stereocenters. The van der Waals surface area contributed by atoms with Crippen molar-refractivity contribution in [1.29, 1.82) is 0 Å². The summed E-state index contributed by atoms with van der Waals surface area (Å²) in [5.74, 6) is 2.51. The van der Waals surface area contributed by atoms with Crippen molar-refractivity contribution in [2.45, 2.75) is 46.8 Å². The molecule has 168 valence electrons. The van der Waals surface area contributed by atoms with Gasteiger partial charge in [-0.3, -0.25) is 4.98 Å². The Hall–Kier alpha value is -3.18. The molecule has 3 aromatic heterocycles. The molecular weight excluding hydrogens is 432 g/mol. The highest BCUT2D eigenvalue weighted by molar-refractivity contribution is 6.29. The number of hydrogen-bond donors (Lipinski definition) is 0. The molecule has 0 amide bonds. The van der Waals surface area contributed by atoms with Crippen LogP contribution in [0, 0.1) is 26.7 Å². The Balaban J connectivity index is 1.46. The molecule has 1 saturated carbocycles. The first kappa shape index (κ1) is 21.7. The summed E-state index contributed by atoms with van der Waals surface area (Å²) < 4.78 is 8.40. The number of halogens is 1. The van der Waals surface area contributed by atoms with E-state index in [-0.39, 0.29) is 0 Å². The monoisotopic (exact) mass is 458 g/mol. The summed E-state index contributed by atoms with van der Waals surface area (Å²) in [6.45, 7) is 7.66. The molecule has 3 heterocycles. The zero-order valence-corrected chi connectivity index (χ0v) is 19.9. The number of nitrogens with zero attached hydrogens (tertiary/aromatic N) is 4. The summed E-state index contributed by atoms with van der Waals surface area (Å²) in [5.41, 5.74) is 7.57. The van der Waals surface area contributed by atoms with E-state index in [0.717, 1.165) is 46.2 Å². The normalized spacial score (nSPS) is 13.3. The van der Waals surface area contributed by atoms with E-state index in [2.05, 4.69) is 46.6 Å². The molecule has 4 aromatic rings. The molecule has 0 spiro atoms. The minimum absolute atomic E-state index is 0.490. The molecule has 1 aliphatic carbocycles. The highest BCUT2D eigenvalue weighted by Crippen LogP contribution is 2.38. The Morgan fingerprint density at radius 2 is 1.85 bits per heavy atom. The van der Waals surface area contributed by atoms with Crippen LogP contribution in [0.5, 0.6) is 5.75 Å². The van der Waals surface area contributed by atoms with E-state index in [9.17, 15) is 0 Å². The number of rotatable bonds is 7. The number of ether oxygens (including phenoxy) is 1. The van der Waals surface area contributed by atoms with Crippen LogP contribution in [-0.4, -0.2) is 19.5 Å². The first-order chi connectivity index (χ1) is 16.0. The highest BCUT2D eigenvalue weighted by atomic mass is 35.5. The van der Waals surface area contributed by atoms with Crippen LogP contribution in [0.4, 0.5) is 0 Å². The lowest BCUT2D eigenvalue weighted by molar-refractivity contribution is 0.305. The topological polar surface area (TPSA) is 52.8 Å². The summed E-state index contributed by atoms with van der Waals surface area (Å²) in [4.78, 5) is 13.6. The fourth-order valence-corrected chi connectivity index (χ4v) is 4.23. The van der Waals surface area contributed by atoms with Gasteiger partial charge < -0.3 is 9.30 Å². The maximum Gasteiger partial charge on any atom is 0.142 e. The predicted molar refractivity (Wildman–Crippen MR) is 131 cm³/mol. The average Bonchev–Trinajstić information content (AvgIpc) is 3.57. The van der Waals surface area contributed by atoms with Crippen LogP contribution < -0.4 is 4.74 Å². The average molecular weight is 459 g/mol. The molecule has 1 aromatic carbocycles. The van der Waals surface area contributed by atoms with Crippen LogP contribution in [0.2, 0.25) is 5.15 Å². The first-order valence-corrected chi connectivity index (χ1v) is 11.7. The summed E-state index contributed by atoms with van der Waals surface area (Å²) >= 11 is 6.02. The van der Waals surface area contributed by atoms with Crippen LogP contribution in [0.1, 0.15) is 35.4 Å². The number of benzene rings is 1. The van der Waals surface area contributed by atoms with Crippen molar-refractivity contribution in [3.63, 3.8) is 0 Å². The van der Waals surface area contributed by atoms with Gasteiger partial charge in [0.1, 0.15) is 23.3 Å². The molecule has 5 nitrogen and oxygen atoms in total. The summed E-state index contributed by atoms with van der Waals surface area (Å²) in [5, 5.41) is 0.490. The molecule has 33 heavy (non-hydrogen) atoms. The zero-order chi connectivity index (χ0) is 22.9.